The van der Waals surface area contributed by atoms with E-state index in [9.17, 15) is 4.79 Å². The summed E-state index contributed by atoms with van der Waals surface area (Å²) in [7, 11) is 3.14. The molecule has 0 saturated heterocycles. The fourth-order valence-corrected chi connectivity index (χ4v) is 1.85. The van der Waals surface area contributed by atoms with E-state index >= 15 is 0 Å². The Morgan fingerprint density at radius 3 is 2.65 bits per heavy atom. The second-order valence-electron chi connectivity index (χ2n) is 4.16. The lowest BCUT2D eigenvalue weighted by Gasteiger charge is -2.11. The summed E-state index contributed by atoms with van der Waals surface area (Å²) < 4.78 is 11.9. The maximum absolute atomic E-state index is 10.9. The van der Waals surface area contributed by atoms with Crippen LogP contribution in [0.25, 0.3) is 0 Å². The van der Waals surface area contributed by atoms with E-state index in [1.54, 1.807) is 27.2 Å². The molecule has 0 aliphatic carbocycles. The highest BCUT2D eigenvalue weighted by atomic mass is 16.5. The van der Waals surface area contributed by atoms with E-state index in [2.05, 4.69) is 10.3 Å². The van der Waals surface area contributed by atoms with Crippen LogP contribution in [0.5, 0.6) is 11.5 Å². The zero-order valence-electron chi connectivity index (χ0n) is 11.5. The van der Waals surface area contributed by atoms with Crippen molar-refractivity contribution < 1.29 is 19.4 Å². The number of methoxy groups -OCH3 is 2. The largest absolute Gasteiger partial charge is 0.497 e. The van der Waals surface area contributed by atoms with E-state index in [1.807, 2.05) is 12.1 Å². The molecule has 1 heterocycles. The molecule has 2 aromatic rings. The van der Waals surface area contributed by atoms with Crippen LogP contribution in [0.15, 0.2) is 18.2 Å². The Morgan fingerprint density at radius 2 is 2.10 bits per heavy atom. The van der Waals surface area contributed by atoms with Gasteiger partial charge in [0.1, 0.15) is 11.5 Å². The zero-order valence-corrected chi connectivity index (χ0v) is 11.5. The Labute approximate surface area is 115 Å². The first kappa shape index (κ1) is 13.9. The molecule has 20 heavy (non-hydrogen) atoms. The van der Waals surface area contributed by atoms with Crippen molar-refractivity contribution in [3.63, 3.8) is 0 Å². The average molecular weight is 277 g/mol. The van der Waals surface area contributed by atoms with E-state index in [1.165, 1.54) is 4.68 Å². The number of aromatic carboxylic acids is 1. The zero-order chi connectivity index (χ0) is 14.7. The van der Waals surface area contributed by atoms with Crippen LogP contribution < -0.4 is 9.47 Å². The molecule has 0 fully saturated rings. The summed E-state index contributed by atoms with van der Waals surface area (Å²) in [6.07, 6.45) is 0. The number of carboxylic acids is 1. The first-order chi connectivity index (χ1) is 9.56. The number of hydrogen-bond donors (Lipinski definition) is 1. The standard InChI is InChI=1S/C13H15N3O4/c1-8-12(13(17)18)14-15-16(8)7-9-4-5-10(19-2)6-11(9)20-3/h4-6H,7H2,1-3H3,(H,17,18). The molecule has 1 aromatic carbocycles. The number of benzene rings is 1. The predicted molar refractivity (Wildman–Crippen MR) is 70.4 cm³/mol. The molecule has 0 saturated carbocycles. The molecule has 0 aliphatic heterocycles. The van der Waals surface area contributed by atoms with Gasteiger partial charge in [-0.1, -0.05) is 5.21 Å². The van der Waals surface area contributed by atoms with Gasteiger partial charge in [-0.3, -0.25) is 0 Å². The highest BCUT2D eigenvalue weighted by Crippen LogP contribution is 2.25. The van der Waals surface area contributed by atoms with Crippen molar-refractivity contribution in [3.8, 4) is 11.5 Å². The summed E-state index contributed by atoms with van der Waals surface area (Å²) in [5, 5.41) is 16.5. The molecule has 7 heteroatoms. The van der Waals surface area contributed by atoms with Gasteiger partial charge < -0.3 is 14.6 Å². The van der Waals surface area contributed by atoms with Crippen molar-refractivity contribution in [2.75, 3.05) is 14.2 Å². The summed E-state index contributed by atoms with van der Waals surface area (Å²) in [5.41, 5.74) is 1.31. The minimum absolute atomic E-state index is 0.0440. The molecule has 2 rings (SSSR count). The van der Waals surface area contributed by atoms with Crippen molar-refractivity contribution in [3.05, 3.63) is 35.2 Å². The minimum Gasteiger partial charge on any atom is -0.497 e. The molecule has 0 amide bonds. The predicted octanol–water partition coefficient (Wildman–Crippen LogP) is 1.35. The Kier molecular flexibility index (Phi) is 3.88. The van der Waals surface area contributed by atoms with Crippen LogP contribution in [0, 0.1) is 6.92 Å². The van der Waals surface area contributed by atoms with Crippen LogP contribution >= 0.6 is 0 Å². The lowest BCUT2D eigenvalue weighted by atomic mass is 10.2. The maximum Gasteiger partial charge on any atom is 0.358 e. The fraction of sp³-hybridized carbons (Fsp3) is 0.308. The van der Waals surface area contributed by atoms with Gasteiger partial charge in [-0.05, 0) is 19.1 Å². The van der Waals surface area contributed by atoms with Crippen LogP contribution in [-0.4, -0.2) is 40.3 Å². The van der Waals surface area contributed by atoms with Crippen LogP contribution in [0.3, 0.4) is 0 Å². The second kappa shape index (κ2) is 5.60. The lowest BCUT2D eigenvalue weighted by molar-refractivity contribution is 0.0689. The van der Waals surface area contributed by atoms with Crippen molar-refractivity contribution in [1.29, 1.82) is 0 Å². The van der Waals surface area contributed by atoms with Crippen LogP contribution in [0.4, 0.5) is 0 Å². The number of nitrogens with zero attached hydrogens (tertiary/aromatic N) is 3. The van der Waals surface area contributed by atoms with Gasteiger partial charge in [-0.2, -0.15) is 0 Å². The van der Waals surface area contributed by atoms with Crippen molar-refractivity contribution in [2.24, 2.45) is 0 Å². The highest BCUT2D eigenvalue weighted by Gasteiger charge is 2.16. The van der Waals surface area contributed by atoms with Gasteiger partial charge in [-0.25, -0.2) is 9.48 Å². The van der Waals surface area contributed by atoms with Crippen LogP contribution in [-0.2, 0) is 6.54 Å². The van der Waals surface area contributed by atoms with E-state index in [0.717, 1.165) is 5.56 Å². The molecular formula is C13H15N3O4. The quantitative estimate of drug-likeness (QED) is 0.887. The molecule has 1 N–H and O–H groups in total. The lowest BCUT2D eigenvalue weighted by Crippen LogP contribution is -2.07. The first-order valence-corrected chi connectivity index (χ1v) is 5.91. The number of carboxylic acid groups (broad SMARTS) is 1. The number of hydrogen-bond acceptors (Lipinski definition) is 5. The Hall–Kier alpha value is -2.57. The second-order valence-corrected chi connectivity index (χ2v) is 4.16. The van der Waals surface area contributed by atoms with Gasteiger partial charge in [-0.15, -0.1) is 5.10 Å². The molecular weight excluding hydrogens is 262 g/mol. The molecule has 106 valence electrons. The van der Waals surface area contributed by atoms with E-state index in [0.29, 0.717) is 23.7 Å². The molecule has 0 unspecified atom stereocenters. The summed E-state index contributed by atoms with van der Waals surface area (Å²) >= 11 is 0. The normalized spacial score (nSPS) is 10.3. The third kappa shape index (κ3) is 2.56. The number of rotatable bonds is 5. The van der Waals surface area contributed by atoms with Crippen LogP contribution in [0.2, 0.25) is 0 Å². The van der Waals surface area contributed by atoms with Gasteiger partial charge >= 0.3 is 5.97 Å². The van der Waals surface area contributed by atoms with Crippen molar-refractivity contribution in [2.45, 2.75) is 13.5 Å². The van der Waals surface area contributed by atoms with E-state index < -0.39 is 5.97 Å². The SMILES string of the molecule is COc1ccc(Cn2nnc(C(=O)O)c2C)c(OC)c1. The Balaban J connectivity index is 2.32. The molecule has 0 atom stereocenters. The smallest absolute Gasteiger partial charge is 0.358 e. The number of carbonyl (C=O) groups is 1. The summed E-state index contributed by atoms with van der Waals surface area (Å²) in [5.74, 6) is 0.249. The molecule has 0 spiro atoms. The molecule has 7 nitrogen and oxygen atoms in total. The Morgan fingerprint density at radius 1 is 1.35 bits per heavy atom. The van der Waals surface area contributed by atoms with Gasteiger partial charge in [0.2, 0.25) is 0 Å². The van der Waals surface area contributed by atoms with Crippen LogP contribution in [0.1, 0.15) is 21.7 Å². The van der Waals surface area contributed by atoms with Crippen molar-refractivity contribution in [1.82, 2.24) is 15.0 Å². The molecule has 0 aliphatic rings. The Bertz CT molecular complexity index is 637. The number of aromatic nitrogens is 3. The first-order valence-electron chi connectivity index (χ1n) is 5.91. The average Bonchev–Trinajstić information content (AvgIpc) is 2.80. The molecule has 1 aromatic heterocycles. The molecule has 0 bridgehead atoms. The minimum atomic E-state index is -1.09. The van der Waals surface area contributed by atoms with E-state index in [-0.39, 0.29) is 5.69 Å². The summed E-state index contributed by atoms with van der Waals surface area (Å²) in [4.78, 5) is 10.9. The highest BCUT2D eigenvalue weighted by molar-refractivity contribution is 5.86. The third-order valence-corrected chi connectivity index (χ3v) is 3.00. The monoisotopic (exact) mass is 277 g/mol. The third-order valence-electron chi connectivity index (χ3n) is 3.00. The van der Waals surface area contributed by atoms with Gasteiger partial charge in [0.05, 0.1) is 26.5 Å². The molecule has 0 radical (unpaired) electrons. The van der Waals surface area contributed by atoms with Crippen molar-refractivity contribution >= 4 is 5.97 Å². The van der Waals surface area contributed by atoms with Gasteiger partial charge in [0.15, 0.2) is 5.69 Å². The summed E-state index contributed by atoms with van der Waals surface area (Å²) in [6.45, 7) is 2.04. The summed E-state index contributed by atoms with van der Waals surface area (Å²) in [6, 6.07) is 5.42. The topological polar surface area (TPSA) is 86.5 Å². The van der Waals surface area contributed by atoms with Gasteiger partial charge in [0, 0.05) is 11.6 Å². The van der Waals surface area contributed by atoms with E-state index in [4.69, 9.17) is 14.6 Å². The fourth-order valence-electron chi connectivity index (χ4n) is 1.85. The maximum atomic E-state index is 10.9. The van der Waals surface area contributed by atoms with Gasteiger partial charge in [0.25, 0.3) is 0 Å². The number of ether oxygens (including phenoxy) is 2.